The number of alkyl halides is 3. The summed E-state index contributed by atoms with van der Waals surface area (Å²) in [5.41, 5.74) is 0.427. The molecule has 0 aliphatic rings. The maximum Gasteiger partial charge on any atom is 0.416 e. The van der Waals surface area contributed by atoms with Crippen LogP contribution in [0.15, 0.2) is 42.6 Å². The van der Waals surface area contributed by atoms with Gasteiger partial charge in [0, 0.05) is 12.1 Å². The average molecular weight is 323 g/mol. The minimum Gasteiger partial charge on any atom is -0.354 e. The Kier molecular flexibility index (Phi) is 5.20. The second kappa shape index (κ2) is 7.13. The molecule has 0 unspecified atom stereocenters. The average Bonchev–Trinajstić information content (AvgIpc) is 2.49. The number of nitrogens with one attached hydrogen (secondary N) is 2. The molecular formula is C16H16F3N3O. The Balaban J connectivity index is 1.99. The summed E-state index contributed by atoms with van der Waals surface area (Å²) in [6, 6.07) is 8.02. The van der Waals surface area contributed by atoms with Gasteiger partial charge in [-0.25, -0.2) is 4.98 Å². The third kappa shape index (κ3) is 4.98. The highest BCUT2D eigenvalue weighted by Crippen LogP contribution is 2.30. The number of benzene rings is 1. The molecule has 1 heterocycles. The van der Waals surface area contributed by atoms with Crippen molar-refractivity contribution < 1.29 is 18.0 Å². The van der Waals surface area contributed by atoms with Crippen molar-refractivity contribution in [1.29, 1.82) is 0 Å². The summed E-state index contributed by atoms with van der Waals surface area (Å²) in [6.45, 7) is 1.91. The van der Waals surface area contributed by atoms with E-state index in [4.69, 9.17) is 0 Å². The Morgan fingerprint density at radius 3 is 2.26 bits per heavy atom. The van der Waals surface area contributed by atoms with Crippen LogP contribution in [0.5, 0.6) is 0 Å². The lowest BCUT2D eigenvalue weighted by Gasteiger charge is -2.10. The molecule has 0 aliphatic heterocycles. The van der Waals surface area contributed by atoms with E-state index in [1.807, 2.05) is 6.92 Å². The quantitative estimate of drug-likeness (QED) is 0.846. The van der Waals surface area contributed by atoms with E-state index in [-0.39, 0.29) is 5.91 Å². The van der Waals surface area contributed by atoms with Crippen molar-refractivity contribution in [3.8, 4) is 0 Å². The number of aromatic nitrogens is 1. The molecule has 7 heteroatoms. The van der Waals surface area contributed by atoms with Gasteiger partial charge in [-0.3, -0.25) is 4.79 Å². The fourth-order valence-corrected chi connectivity index (χ4v) is 1.88. The Morgan fingerprint density at radius 1 is 1.09 bits per heavy atom. The van der Waals surface area contributed by atoms with Gasteiger partial charge in [-0.2, -0.15) is 13.2 Å². The van der Waals surface area contributed by atoms with Crippen LogP contribution in [0.25, 0.3) is 0 Å². The maximum absolute atomic E-state index is 12.5. The number of rotatable bonds is 5. The minimum absolute atomic E-state index is 0.108. The van der Waals surface area contributed by atoms with Crippen LogP contribution in [-0.2, 0) is 11.0 Å². The van der Waals surface area contributed by atoms with Gasteiger partial charge < -0.3 is 10.6 Å². The number of anilines is 3. The first-order valence-electron chi connectivity index (χ1n) is 7.08. The van der Waals surface area contributed by atoms with Crippen LogP contribution in [0, 0.1) is 0 Å². The lowest BCUT2D eigenvalue weighted by molar-refractivity contribution is -0.137. The van der Waals surface area contributed by atoms with Gasteiger partial charge in [0.25, 0.3) is 0 Å². The van der Waals surface area contributed by atoms with Gasteiger partial charge in [-0.05, 0) is 42.8 Å². The Morgan fingerprint density at radius 2 is 1.74 bits per heavy atom. The van der Waals surface area contributed by atoms with Gasteiger partial charge in [0.1, 0.15) is 5.82 Å². The molecule has 0 spiro atoms. The zero-order valence-electron chi connectivity index (χ0n) is 12.4. The number of nitrogens with zero attached hydrogens (tertiary/aromatic N) is 1. The van der Waals surface area contributed by atoms with Crippen molar-refractivity contribution in [1.82, 2.24) is 4.98 Å². The van der Waals surface area contributed by atoms with E-state index in [1.165, 1.54) is 18.3 Å². The van der Waals surface area contributed by atoms with Crippen LogP contribution < -0.4 is 10.6 Å². The molecule has 0 aliphatic carbocycles. The number of hydrogen-bond acceptors (Lipinski definition) is 3. The zero-order valence-corrected chi connectivity index (χ0v) is 12.4. The first kappa shape index (κ1) is 16.8. The molecule has 1 aromatic heterocycles. The fraction of sp³-hybridized carbons (Fsp3) is 0.250. The first-order chi connectivity index (χ1) is 10.9. The van der Waals surface area contributed by atoms with Gasteiger partial charge in [0.2, 0.25) is 5.91 Å². The molecule has 23 heavy (non-hydrogen) atoms. The standard InChI is InChI=1S/C16H16F3N3O/c1-2-3-15(23)22-14-9-8-13(10-20-14)21-12-6-4-11(5-7-12)16(17,18)19/h4-10,21H,2-3H2,1H3,(H,20,22,23). The molecule has 4 nitrogen and oxygen atoms in total. The number of carbonyl (C=O) groups excluding carboxylic acids is 1. The summed E-state index contributed by atoms with van der Waals surface area (Å²) in [7, 11) is 0. The first-order valence-corrected chi connectivity index (χ1v) is 7.08. The summed E-state index contributed by atoms with van der Waals surface area (Å²) < 4.78 is 37.5. The van der Waals surface area contributed by atoms with Crippen LogP contribution in [0.2, 0.25) is 0 Å². The van der Waals surface area contributed by atoms with E-state index in [0.29, 0.717) is 23.6 Å². The summed E-state index contributed by atoms with van der Waals surface area (Å²) in [6.07, 6.45) is -1.68. The van der Waals surface area contributed by atoms with Gasteiger partial charge in [-0.1, -0.05) is 6.92 Å². The summed E-state index contributed by atoms with van der Waals surface area (Å²) in [5.74, 6) is 0.324. The lowest BCUT2D eigenvalue weighted by atomic mass is 10.2. The molecule has 2 rings (SSSR count). The summed E-state index contributed by atoms with van der Waals surface area (Å²) >= 11 is 0. The molecule has 122 valence electrons. The van der Waals surface area contributed by atoms with Gasteiger partial charge in [0.05, 0.1) is 17.4 Å². The number of amides is 1. The van der Waals surface area contributed by atoms with E-state index in [2.05, 4.69) is 15.6 Å². The van der Waals surface area contributed by atoms with Crippen LogP contribution >= 0.6 is 0 Å². The van der Waals surface area contributed by atoms with Crippen molar-refractivity contribution in [2.75, 3.05) is 10.6 Å². The van der Waals surface area contributed by atoms with Gasteiger partial charge in [0.15, 0.2) is 0 Å². The monoisotopic (exact) mass is 323 g/mol. The molecule has 2 aromatic rings. The highest BCUT2D eigenvalue weighted by atomic mass is 19.4. The minimum atomic E-state index is -4.35. The molecule has 1 amide bonds. The highest BCUT2D eigenvalue weighted by Gasteiger charge is 2.29. The normalized spacial score (nSPS) is 11.1. The van der Waals surface area contributed by atoms with Crippen molar-refractivity contribution in [3.05, 3.63) is 48.2 Å². The predicted octanol–water partition coefficient (Wildman–Crippen LogP) is 4.58. The van der Waals surface area contributed by atoms with E-state index < -0.39 is 11.7 Å². The summed E-state index contributed by atoms with van der Waals surface area (Å²) in [5, 5.41) is 5.60. The topological polar surface area (TPSA) is 54.0 Å². The number of pyridine rings is 1. The number of carbonyl (C=O) groups is 1. The van der Waals surface area contributed by atoms with Crippen molar-refractivity contribution >= 4 is 23.1 Å². The second-order valence-electron chi connectivity index (χ2n) is 4.93. The molecule has 1 aromatic carbocycles. The molecule has 2 N–H and O–H groups in total. The smallest absolute Gasteiger partial charge is 0.354 e. The molecule has 0 radical (unpaired) electrons. The third-order valence-electron chi connectivity index (χ3n) is 3.01. The van der Waals surface area contributed by atoms with Crippen LogP contribution in [-0.4, -0.2) is 10.9 Å². The zero-order chi connectivity index (χ0) is 16.9. The van der Waals surface area contributed by atoms with Gasteiger partial charge in [-0.15, -0.1) is 0 Å². The van der Waals surface area contributed by atoms with Crippen LogP contribution in [0.4, 0.5) is 30.4 Å². The number of halogens is 3. The fourth-order valence-electron chi connectivity index (χ4n) is 1.88. The number of hydrogen-bond donors (Lipinski definition) is 2. The summed E-state index contributed by atoms with van der Waals surface area (Å²) in [4.78, 5) is 15.5. The van der Waals surface area contributed by atoms with Crippen LogP contribution in [0.1, 0.15) is 25.3 Å². The SMILES string of the molecule is CCCC(=O)Nc1ccc(Nc2ccc(C(F)(F)F)cc2)cn1. The molecule has 0 saturated carbocycles. The highest BCUT2D eigenvalue weighted by molar-refractivity contribution is 5.89. The predicted molar refractivity (Wildman–Crippen MR) is 82.5 cm³/mol. The third-order valence-corrected chi connectivity index (χ3v) is 3.01. The van der Waals surface area contributed by atoms with Crippen molar-refractivity contribution in [3.63, 3.8) is 0 Å². The molecule has 0 fully saturated rings. The Bertz CT molecular complexity index is 652. The van der Waals surface area contributed by atoms with E-state index in [1.54, 1.807) is 12.1 Å². The van der Waals surface area contributed by atoms with E-state index in [9.17, 15) is 18.0 Å². The van der Waals surface area contributed by atoms with Crippen molar-refractivity contribution in [2.24, 2.45) is 0 Å². The largest absolute Gasteiger partial charge is 0.416 e. The molecular weight excluding hydrogens is 307 g/mol. The van der Waals surface area contributed by atoms with E-state index >= 15 is 0 Å². The van der Waals surface area contributed by atoms with Crippen LogP contribution in [0.3, 0.4) is 0 Å². The maximum atomic E-state index is 12.5. The molecule has 0 bridgehead atoms. The lowest BCUT2D eigenvalue weighted by Crippen LogP contribution is -2.11. The molecule has 0 atom stereocenters. The van der Waals surface area contributed by atoms with E-state index in [0.717, 1.165) is 18.6 Å². The Hall–Kier alpha value is -2.57. The van der Waals surface area contributed by atoms with Gasteiger partial charge >= 0.3 is 6.18 Å². The molecule has 0 saturated heterocycles. The van der Waals surface area contributed by atoms with Crippen molar-refractivity contribution in [2.45, 2.75) is 25.9 Å². The second-order valence-corrected chi connectivity index (χ2v) is 4.93. The Labute approximate surface area is 131 Å².